The first-order valence-corrected chi connectivity index (χ1v) is 11.0. The van der Waals surface area contributed by atoms with Gasteiger partial charge < -0.3 is 15.5 Å². The minimum Gasteiger partial charge on any atom is -0.362 e. The molecule has 0 bridgehead atoms. The van der Waals surface area contributed by atoms with Gasteiger partial charge in [-0.25, -0.2) is 8.42 Å². The van der Waals surface area contributed by atoms with Crippen molar-refractivity contribution >= 4 is 33.0 Å². The Morgan fingerprint density at radius 3 is 2.58 bits per heavy atom. The monoisotopic (exact) mass is 398 g/mol. The fraction of sp³-hybridized carbons (Fsp3) is 0.611. The Labute approximate surface area is 163 Å². The van der Waals surface area contributed by atoms with E-state index < -0.39 is 10.0 Å². The molecule has 1 aromatic rings. The Balaban J connectivity index is 2.03. The zero-order valence-electron chi connectivity index (χ0n) is 15.9. The van der Waals surface area contributed by atoms with Crippen LogP contribution in [0.2, 0.25) is 0 Å². The number of thiocarbonyl (C=S) groups is 1. The third-order valence-electron chi connectivity index (χ3n) is 4.48. The molecule has 146 valence electrons. The Morgan fingerprint density at radius 1 is 1.23 bits per heavy atom. The van der Waals surface area contributed by atoms with Crippen LogP contribution in [-0.4, -0.2) is 63.0 Å². The quantitative estimate of drug-likeness (QED) is 0.543. The maximum Gasteiger partial charge on any atom is 0.243 e. The van der Waals surface area contributed by atoms with Crippen molar-refractivity contribution in [2.75, 3.05) is 45.6 Å². The van der Waals surface area contributed by atoms with E-state index in [1.165, 1.54) is 0 Å². The molecule has 1 aliphatic heterocycles. The molecule has 2 rings (SSSR count). The van der Waals surface area contributed by atoms with Crippen LogP contribution in [0, 0.1) is 6.92 Å². The standard InChI is InChI=1S/C18H30N4O2S2/c1-15-8-9-16(26(23,24)22-12-5-4-6-13-22)14-17(15)20-18(25)19-10-7-11-21(2)3/h8-9,14H,4-7,10-13H2,1-3H3,(H2,19,20,25). The molecule has 1 fully saturated rings. The molecule has 0 aromatic heterocycles. The van der Waals surface area contributed by atoms with Gasteiger partial charge in [0, 0.05) is 25.3 Å². The Kier molecular flexibility index (Phi) is 7.82. The molecule has 26 heavy (non-hydrogen) atoms. The van der Waals surface area contributed by atoms with E-state index >= 15 is 0 Å². The number of aryl methyl sites for hydroxylation is 1. The molecule has 0 unspecified atom stereocenters. The first kappa shape index (κ1) is 21.1. The van der Waals surface area contributed by atoms with Gasteiger partial charge in [-0.3, -0.25) is 0 Å². The Morgan fingerprint density at radius 2 is 1.92 bits per heavy atom. The molecular formula is C18H30N4O2S2. The highest BCUT2D eigenvalue weighted by atomic mass is 32.2. The molecule has 8 heteroatoms. The number of rotatable bonds is 7. The average Bonchev–Trinajstić information content (AvgIpc) is 2.61. The van der Waals surface area contributed by atoms with E-state index in [4.69, 9.17) is 12.2 Å². The fourth-order valence-electron chi connectivity index (χ4n) is 2.91. The minimum atomic E-state index is -3.44. The number of benzene rings is 1. The molecule has 6 nitrogen and oxygen atoms in total. The topological polar surface area (TPSA) is 64.7 Å². The fourth-order valence-corrected chi connectivity index (χ4v) is 4.67. The number of nitrogens with one attached hydrogen (secondary N) is 2. The van der Waals surface area contributed by atoms with Crippen LogP contribution in [0.4, 0.5) is 5.69 Å². The van der Waals surface area contributed by atoms with Gasteiger partial charge in [-0.1, -0.05) is 12.5 Å². The van der Waals surface area contributed by atoms with Crippen molar-refractivity contribution in [3.8, 4) is 0 Å². The van der Waals surface area contributed by atoms with E-state index in [2.05, 4.69) is 15.5 Å². The van der Waals surface area contributed by atoms with Gasteiger partial charge in [0.1, 0.15) is 0 Å². The van der Waals surface area contributed by atoms with Gasteiger partial charge in [-0.15, -0.1) is 0 Å². The number of piperidine rings is 1. The summed E-state index contributed by atoms with van der Waals surface area (Å²) >= 11 is 5.34. The van der Waals surface area contributed by atoms with Crippen LogP contribution < -0.4 is 10.6 Å². The van der Waals surface area contributed by atoms with Crippen LogP contribution in [0.25, 0.3) is 0 Å². The molecule has 0 atom stereocenters. The number of hydrogen-bond donors (Lipinski definition) is 2. The Hall–Kier alpha value is -1.22. The molecular weight excluding hydrogens is 368 g/mol. The lowest BCUT2D eigenvalue weighted by molar-refractivity contribution is 0.346. The maximum absolute atomic E-state index is 12.9. The molecule has 1 saturated heterocycles. The molecule has 0 amide bonds. The van der Waals surface area contributed by atoms with Crippen LogP contribution in [0.3, 0.4) is 0 Å². The van der Waals surface area contributed by atoms with Gasteiger partial charge in [-0.05, 0) is 76.7 Å². The van der Waals surface area contributed by atoms with Crippen molar-refractivity contribution in [3.05, 3.63) is 23.8 Å². The highest BCUT2D eigenvalue weighted by Crippen LogP contribution is 2.25. The van der Waals surface area contributed by atoms with Crippen LogP contribution in [0.5, 0.6) is 0 Å². The second-order valence-corrected chi connectivity index (χ2v) is 9.33. The average molecular weight is 399 g/mol. The molecule has 1 aromatic carbocycles. The van der Waals surface area contributed by atoms with Gasteiger partial charge >= 0.3 is 0 Å². The lowest BCUT2D eigenvalue weighted by atomic mass is 10.2. The molecule has 2 N–H and O–H groups in total. The smallest absolute Gasteiger partial charge is 0.243 e. The van der Waals surface area contributed by atoms with E-state index in [0.29, 0.717) is 23.1 Å². The Bertz CT molecular complexity index is 714. The van der Waals surface area contributed by atoms with Crippen LogP contribution in [0.1, 0.15) is 31.2 Å². The minimum absolute atomic E-state index is 0.322. The van der Waals surface area contributed by atoms with Crippen molar-refractivity contribution < 1.29 is 8.42 Å². The predicted molar refractivity (Wildman–Crippen MR) is 111 cm³/mol. The second-order valence-electron chi connectivity index (χ2n) is 6.98. The molecule has 0 spiro atoms. The van der Waals surface area contributed by atoms with E-state index in [-0.39, 0.29) is 0 Å². The summed E-state index contributed by atoms with van der Waals surface area (Å²) in [5, 5.41) is 6.82. The summed E-state index contributed by atoms with van der Waals surface area (Å²) in [4.78, 5) is 2.44. The van der Waals surface area contributed by atoms with Crippen LogP contribution >= 0.6 is 12.2 Å². The number of nitrogens with zero attached hydrogens (tertiary/aromatic N) is 2. The van der Waals surface area contributed by atoms with E-state index in [0.717, 1.165) is 50.0 Å². The van der Waals surface area contributed by atoms with E-state index in [1.807, 2.05) is 27.1 Å². The number of hydrogen-bond acceptors (Lipinski definition) is 4. The number of sulfonamides is 1. The van der Waals surface area contributed by atoms with Gasteiger partial charge in [0.05, 0.1) is 4.90 Å². The largest absolute Gasteiger partial charge is 0.362 e. The zero-order chi connectivity index (χ0) is 19.2. The van der Waals surface area contributed by atoms with Crippen molar-refractivity contribution in [1.29, 1.82) is 0 Å². The SMILES string of the molecule is Cc1ccc(S(=O)(=O)N2CCCCC2)cc1NC(=S)NCCCN(C)C. The van der Waals surface area contributed by atoms with Crippen molar-refractivity contribution in [3.63, 3.8) is 0 Å². The van der Waals surface area contributed by atoms with Crippen LogP contribution in [-0.2, 0) is 10.0 Å². The van der Waals surface area contributed by atoms with Gasteiger partial charge in [0.15, 0.2) is 5.11 Å². The lowest BCUT2D eigenvalue weighted by Crippen LogP contribution is -2.35. The molecule has 0 aliphatic carbocycles. The molecule has 0 radical (unpaired) electrons. The molecule has 1 aliphatic rings. The third-order valence-corrected chi connectivity index (χ3v) is 6.62. The van der Waals surface area contributed by atoms with E-state index in [9.17, 15) is 8.42 Å². The van der Waals surface area contributed by atoms with E-state index in [1.54, 1.807) is 16.4 Å². The van der Waals surface area contributed by atoms with Crippen molar-refractivity contribution in [1.82, 2.24) is 14.5 Å². The van der Waals surface area contributed by atoms with Gasteiger partial charge in [0.25, 0.3) is 0 Å². The van der Waals surface area contributed by atoms with Gasteiger partial charge in [-0.2, -0.15) is 4.31 Å². The summed E-state index contributed by atoms with van der Waals surface area (Å²) in [6.07, 6.45) is 3.94. The van der Waals surface area contributed by atoms with Crippen molar-refractivity contribution in [2.45, 2.75) is 37.5 Å². The highest BCUT2D eigenvalue weighted by molar-refractivity contribution is 7.89. The first-order valence-electron chi connectivity index (χ1n) is 9.11. The zero-order valence-corrected chi connectivity index (χ0v) is 17.5. The lowest BCUT2D eigenvalue weighted by Gasteiger charge is -2.26. The molecule has 1 heterocycles. The summed E-state index contributed by atoms with van der Waals surface area (Å²) in [5.41, 5.74) is 1.69. The summed E-state index contributed by atoms with van der Waals surface area (Å²) in [6, 6.07) is 5.19. The van der Waals surface area contributed by atoms with Crippen molar-refractivity contribution in [2.24, 2.45) is 0 Å². The van der Waals surface area contributed by atoms with Crippen LogP contribution in [0.15, 0.2) is 23.1 Å². The maximum atomic E-state index is 12.9. The predicted octanol–water partition coefficient (Wildman–Crippen LogP) is 2.41. The summed E-state index contributed by atoms with van der Waals surface area (Å²) < 4.78 is 27.3. The van der Waals surface area contributed by atoms with Gasteiger partial charge in [0.2, 0.25) is 10.0 Å². The highest BCUT2D eigenvalue weighted by Gasteiger charge is 2.26. The second kappa shape index (κ2) is 9.64. The summed E-state index contributed by atoms with van der Waals surface area (Å²) in [5.74, 6) is 0. The third kappa shape index (κ3) is 5.90. The first-order chi connectivity index (χ1) is 12.3. The summed E-state index contributed by atoms with van der Waals surface area (Å²) in [7, 11) is 0.628. The molecule has 0 saturated carbocycles. The summed E-state index contributed by atoms with van der Waals surface area (Å²) in [6.45, 7) is 4.90. The number of anilines is 1. The normalized spacial score (nSPS) is 15.8.